The van der Waals surface area contributed by atoms with Gasteiger partial charge in [0.1, 0.15) is 5.75 Å². The van der Waals surface area contributed by atoms with E-state index in [0.717, 1.165) is 17.0 Å². The van der Waals surface area contributed by atoms with E-state index in [2.05, 4.69) is 0 Å². The largest absolute Gasteiger partial charge is 0.497 e. The third-order valence-corrected chi connectivity index (χ3v) is 3.55. The molecule has 0 saturated carbocycles. The average molecular weight is 284 g/mol. The van der Waals surface area contributed by atoms with Crippen LogP contribution in [0.1, 0.15) is 18.4 Å². The number of carbonyl (C=O) groups is 1. The van der Waals surface area contributed by atoms with E-state index in [9.17, 15) is 4.79 Å². The van der Waals surface area contributed by atoms with Crippen LogP contribution in [-0.4, -0.2) is 20.1 Å². The number of methoxy groups -OCH3 is 1. The highest BCUT2D eigenvalue weighted by atomic mass is 16.5. The van der Waals surface area contributed by atoms with Crippen LogP contribution in [0.4, 0.5) is 11.4 Å². The molecule has 2 aromatic carbocycles. The van der Waals surface area contributed by atoms with Crippen molar-refractivity contribution in [2.24, 2.45) is 0 Å². The summed E-state index contributed by atoms with van der Waals surface area (Å²) in [5.41, 5.74) is 8.16. The molecule has 0 saturated heterocycles. The fourth-order valence-electron chi connectivity index (χ4n) is 2.21. The van der Waals surface area contributed by atoms with E-state index in [1.165, 1.54) is 0 Å². The number of amides is 1. The van der Waals surface area contributed by atoms with E-state index < -0.39 is 0 Å². The number of nitrogens with zero attached hydrogens (tertiary/aromatic N) is 1. The van der Waals surface area contributed by atoms with Crippen LogP contribution in [0.2, 0.25) is 0 Å². The lowest BCUT2D eigenvalue weighted by Gasteiger charge is -2.22. The van der Waals surface area contributed by atoms with Gasteiger partial charge in [-0.3, -0.25) is 4.79 Å². The standard InChI is InChI=1S/C17H20N2O2/c1-12(13-6-4-7-14(18)10-13)17(20)19(2)15-8-5-9-16(11-15)21-3/h4-12H,18H2,1-3H3. The van der Waals surface area contributed by atoms with E-state index >= 15 is 0 Å². The topological polar surface area (TPSA) is 55.6 Å². The summed E-state index contributed by atoms with van der Waals surface area (Å²) in [5, 5.41) is 0. The third kappa shape index (κ3) is 3.34. The Labute approximate surface area is 125 Å². The van der Waals surface area contributed by atoms with Gasteiger partial charge in [-0.15, -0.1) is 0 Å². The van der Waals surface area contributed by atoms with Crippen molar-refractivity contribution in [1.82, 2.24) is 0 Å². The summed E-state index contributed by atoms with van der Waals surface area (Å²) >= 11 is 0. The van der Waals surface area contributed by atoms with Gasteiger partial charge in [0.15, 0.2) is 0 Å². The molecule has 0 aliphatic carbocycles. The van der Waals surface area contributed by atoms with Crippen molar-refractivity contribution < 1.29 is 9.53 Å². The average Bonchev–Trinajstić information content (AvgIpc) is 2.52. The van der Waals surface area contributed by atoms with Gasteiger partial charge in [-0.1, -0.05) is 18.2 Å². The smallest absolute Gasteiger partial charge is 0.233 e. The first-order chi connectivity index (χ1) is 10.0. The SMILES string of the molecule is COc1cccc(N(C)C(=O)C(C)c2cccc(N)c2)c1. The van der Waals surface area contributed by atoms with Crippen molar-refractivity contribution >= 4 is 17.3 Å². The minimum absolute atomic E-state index is 0.00820. The third-order valence-electron chi connectivity index (χ3n) is 3.55. The van der Waals surface area contributed by atoms with Gasteiger partial charge in [0.05, 0.1) is 13.0 Å². The minimum Gasteiger partial charge on any atom is -0.497 e. The van der Waals surface area contributed by atoms with Crippen LogP contribution in [0.3, 0.4) is 0 Å². The number of anilines is 2. The summed E-state index contributed by atoms with van der Waals surface area (Å²) in [7, 11) is 3.37. The van der Waals surface area contributed by atoms with Crippen molar-refractivity contribution in [1.29, 1.82) is 0 Å². The van der Waals surface area contributed by atoms with Gasteiger partial charge in [0.25, 0.3) is 0 Å². The normalized spacial score (nSPS) is 11.8. The van der Waals surface area contributed by atoms with Gasteiger partial charge < -0.3 is 15.4 Å². The Bertz CT molecular complexity index is 640. The summed E-state index contributed by atoms with van der Waals surface area (Å²) < 4.78 is 5.19. The molecular weight excluding hydrogens is 264 g/mol. The molecule has 0 aliphatic rings. The molecule has 0 aromatic heterocycles. The van der Waals surface area contributed by atoms with Crippen LogP contribution in [-0.2, 0) is 4.79 Å². The molecule has 1 unspecified atom stereocenters. The Balaban J connectivity index is 2.22. The number of nitrogen functional groups attached to an aromatic ring is 1. The predicted octanol–water partition coefficient (Wildman–Crippen LogP) is 3.04. The van der Waals surface area contributed by atoms with E-state index in [-0.39, 0.29) is 11.8 Å². The fourth-order valence-corrected chi connectivity index (χ4v) is 2.21. The molecule has 1 atom stereocenters. The molecule has 0 spiro atoms. The molecule has 0 heterocycles. The molecule has 0 fully saturated rings. The highest BCUT2D eigenvalue weighted by Gasteiger charge is 2.20. The van der Waals surface area contributed by atoms with Crippen LogP contribution in [0.25, 0.3) is 0 Å². The Morgan fingerprint density at radius 2 is 1.90 bits per heavy atom. The first kappa shape index (κ1) is 14.9. The Morgan fingerprint density at radius 1 is 1.19 bits per heavy atom. The van der Waals surface area contributed by atoms with E-state index in [4.69, 9.17) is 10.5 Å². The number of benzene rings is 2. The fraction of sp³-hybridized carbons (Fsp3) is 0.235. The summed E-state index contributed by atoms with van der Waals surface area (Å²) in [4.78, 5) is 14.2. The molecule has 2 rings (SSSR count). The lowest BCUT2D eigenvalue weighted by atomic mass is 9.99. The molecule has 1 amide bonds. The lowest BCUT2D eigenvalue weighted by Crippen LogP contribution is -2.30. The molecule has 2 aromatic rings. The van der Waals surface area contributed by atoms with E-state index in [1.54, 1.807) is 19.1 Å². The molecule has 21 heavy (non-hydrogen) atoms. The van der Waals surface area contributed by atoms with Gasteiger partial charge in [-0.2, -0.15) is 0 Å². The summed E-state index contributed by atoms with van der Waals surface area (Å²) in [6, 6.07) is 14.9. The maximum absolute atomic E-state index is 12.6. The molecule has 0 bridgehead atoms. The van der Waals surface area contributed by atoms with Crippen molar-refractivity contribution in [3.63, 3.8) is 0 Å². The van der Waals surface area contributed by atoms with Crippen LogP contribution >= 0.6 is 0 Å². The zero-order valence-electron chi connectivity index (χ0n) is 12.5. The maximum Gasteiger partial charge on any atom is 0.233 e. The number of hydrogen-bond donors (Lipinski definition) is 1. The van der Waals surface area contributed by atoms with E-state index in [0.29, 0.717) is 5.69 Å². The number of rotatable bonds is 4. The number of carbonyl (C=O) groups excluding carboxylic acids is 1. The molecule has 110 valence electrons. The number of ether oxygens (including phenoxy) is 1. The predicted molar refractivity (Wildman–Crippen MR) is 85.7 cm³/mol. The Morgan fingerprint density at radius 3 is 2.57 bits per heavy atom. The second-order valence-electron chi connectivity index (χ2n) is 4.99. The van der Waals surface area contributed by atoms with Crippen LogP contribution in [0.5, 0.6) is 5.75 Å². The summed E-state index contributed by atoms with van der Waals surface area (Å²) in [6.45, 7) is 1.88. The number of nitrogens with two attached hydrogens (primary N) is 1. The van der Waals surface area contributed by atoms with Crippen molar-refractivity contribution in [2.45, 2.75) is 12.8 Å². The first-order valence-electron chi connectivity index (χ1n) is 6.80. The molecule has 0 aliphatic heterocycles. The Kier molecular flexibility index (Phi) is 4.48. The zero-order valence-corrected chi connectivity index (χ0v) is 12.5. The van der Waals surface area contributed by atoms with Crippen molar-refractivity contribution in [3.8, 4) is 5.75 Å². The lowest BCUT2D eigenvalue weighted by molar-refractivity contribution is -0.119. The van der Waals surface area contributed by atoms with Gasteiger partial charge in [-0.05, 0) is 36.8 Å². The number of likely N-dealkylation sites (N-methyl/N-ethyl adjacent to an activating group) is 1. The van der Waals surface area contributed by atoms with Gasteiger partial charge in [0, 0.05) is 24.5 Å². The first-order valence-corrected chi connectivity index (χ1v) is 6.80. The van der Waals surface area contributed by atoms with Crippen LogP contribution < -0.4 is 15.4 Å². The monoisotopic (exact) mass is 284 g/mol. The summed E-state index contributed by atoms with van der Waals surface area (Å²) in [5.74, 6) is 0.474. The highest BCUT2D eigenvalue weighted by molar-refractivity contribution is 5.97. The van der Waals surface area contributed by atoms with Gasteiger partial charge in [-0.25, -0.2) is 0 Å². The van der Waals surface area contributed by atoms with Crippen LogP contribution in [0.15, 0.2) is 48.5 Å². The molecular formula is C17H20N2O2. The molecule has 0 radical (unpaired) electrons. The molecule has 4 nitrogen and oxygen atoms in total. The quantitative estimate of drug-likeness (QED) is 0.878. The van der Waals surface area contributed by atoms with Gasteiger partial charge in [0.2, 0.25) is 5.91 Å². The zero-order chi connectivity index (χ0) is 15.4. The molecule has 4 heteroatoms. The van der Waals surface area contributed by atoms with Crippen molar-refractivity contribution in [3.05, 3.63) is 54.1 Å². The number of hydrogen-bond acceptors (Lipinski definition) is 3. The second kappa shape index (κ2) is 6.31. The maximum atomic E-state index is 12.6. The summed E-state index contributed by atoms with van der Waals surface area (Å²) in [6.07, 6.45) is 0. The van der Waals surface area contributed by atoms with Crippen molar-refractivity contribution in [2.75, 3.05) is 24.8 Å². The minimum atomic E-state index is -0.260. The van der Waals surface area contributed by atoms with Gasteiger partial charge >= 0.3 is 0 Å². The second-order valence-corrected chi connectivity index (χ2v) is 4.99. The Hall–Kier alpha value is -2.49. The van der Waals surface area contributed by atoms with E-state index in [1.807, 2.05) is 55.5 Å². The molecule has 2 N–H and O–H groups in total. The highest BCUT2D eigenvalue weighted by Crippen LogP contribution is 2.25. The van der Waals surface area contributed by atoms with Crippen LogP contribution in [0, 0.1) is 0 Å².